The van der Waals surface area contributed by atoms with Crippen LogP contribution in [0.25, 0.3) is 11.5 Å². The number of aryl methyl sites for hydroxylation is 1. The van der Waals surface area contributed by atoms with Crippen molar-refractivity contribution in [2.24, 2.45) is 0 Å². The second-order valence-electron chi connectivity index (χ2n) is 6.13. The third-order valence-corrected chi connectivity index (χ3v) is 5.03. The van der Waals surface area contributed by atoms with Crippen LogP contribution in [0.3, 0.4) is 0 Å². The molecule has 0 aliphatic carbocycles. The number of rotatable bonds is 5. The first-order valence-corrected chi connectivity index (χ1v) is 10.1. The molecule has 0 fully saturated rings. The molecule has 0 bridgehead atoms. The Morgan fingerprint density at radius 3 is 2.41 bits per heavy atom. The van der Waals surface area contributed by atoms with Crippen molar-refractivity contribution in [3.63, 3.8) is 0 Å². The van der Waals surface area contributed by atoms with Crippen LogP contribution in [0.15, 0.2) is 57.8 Å². The van der Waals surface area contributed by atoms with Crippen molar-refractivity contribution in [3.8, 4) is 11.5 Å². The lowest BCUT2D eigenvalue weighted by atomic mass is 10.1. The van der Waals surface area contributed by atoms with E-state index in [-0.39, 0.29) is 16.3 Å². The lowest BCUT2D eigenvalue weighted by molar-refractivity contribution is 0.0275. The van der Waals surface area contributed by atoms with Crippen molar-refractivity contribution in [2.75, 3.05) is 6.26 Å². The zero-order valence-electron chi connectivity index (χ0n) is 15.0. The van der Waals surface area contributed by atoms with Gasteiger partial charge in [-0.3, -0.25) is 0 Å². The van der Waals surface area contributed by atoms with Gasteiger partial charge in [-0.05, 0) is 38.1 Å². The molecule has 0 spiro atoms. The molecule has 7 nitrogen and oxygen atoms in total. The molecule has 2 aromatic carbocycles. The zero-order chi connectivity index (χ0) is 19.6. The SMILES string of the molecule is Cc1ccc(-c2nnc([C@H](C)OC(=O)c3ccccc3S(C)(=O)=O)o2)cc1. The number of carbonyl (C=O) groups is 1. The average molecular weight is 386 g/mol. The predicted molar refractivity (Wildman–Crippen MR) is 97.9 cm³/mol. The van der Waals surface area contributed by atoms with Gasteiger partial charge in [0.05, 0.1) is 10.5 Å². The maximum atomic E-state index is 12.4. The van der Waals surface area contributed by atoms with E-state index < -0.39 is 21.9 Å². The van der Waals surface area contributed by atoms with Crippen molar-refractivity contribution in [2.45, 2.75) is 24.8 Å². The topological polar surface area (TPSA) is 99.4 Å². The molecule has 3 aromatic rings. The average Bonchev–Trinajstić information content (AvgIpc) is 3.12. The van der Waals surface area contributed by atoms with E-state index in [9.17, 15) is 13.2 Å². The number of carbonyl (C=O) groups excluding carboxylic acids is 1. The summed E-state index contributed by atoms with van der Waals surface area (Å²) < 4.78 is 34.6. The summed E-state index contributed by atoms with van der Waals surface area (Å²) in [4.78, 5) is 12.3. The standard InChI is InChI=1S/C19H18N2O5S/c1-12-8-10-14(11-9-12)18-21-20-17(26-18)13(2)25-19(22)15-6-4-5-7-16(15)27(3,23)24/h4-11,13H,1-3H3/t13-/m0/s1. The molecule has 1 atom stereocenters. The summed E-state index contributed by atoms with van der Waals surface area (Å²) in [6.45, 7) is 3.55. The van der Waals surface area contributed by atoms with E-state index in [1.165, 1.54) is 12.1 Å². The maximum absolute atomic E-state index is 12.4. The summed E-state index contributed by atoms with van der Waals surface area (Å²) in [6, 6.07) is 13.4. The summed E-state index contributed by atoms with van der Waals surface area (Å²) >= 11 is 0. The summed E-state index contributed by atoms with van der Waals surface area (Å²) in [5.74, 6) is -0.348. The number of nitrogens with zero attached hydrogens (tertiary/aromatic N) is 2. The number of esters is 1. The molecule has 0 amide bonds. The first-order chi connectivity index (χ1) is 12.8. The minimum atomic E-state index is -3.57. The smallest absolute Gasteiger partial charge is 0.340 e. The molecule has 0 aliphatic rings. The highest BCUT2D eigenvalue weighted by molar-refractivity contribution is 7.90. The van der Waals surface area contributed by atoms with E-state index in [1.807, 2.05) is 31.2 Å². The second kappa shape index (κ2) is 7.32. The lowest BCUT2D eigenvalue weighted by Crippen LogP contribution is -2.13. The van der Waals surface area contributed by atoms with E-state index in [0.29, 0.717) is 5.89 Å². The van der Waals surface area contributed by atoms with Crippen LogP contribution in [0.2, 0.25) is 0 Å². The van der Waals surface area contributed by atoms with Gasteiger partial charge < -0.3 is 9.15 Å². The normalized spacial score (nSPS) is 12.6. The summed E-state index contributed by atoms with van der Waals surface area (Å²) in [6.07, 6.45) is 0.200. The van der Waals surface area contributed by atoms with E-state index in [0.717, 1.165) is 17.4 Å². The van der Waals surface area contributed by atoms with Gasteiger partial charge >= 0.3 is 5.97 Å². The van der Waals surface area contributed by atoms with Crippen LogP contribution >= 0.6 is 0 Å². The van der Waals surface area contributed by atoms with Crippen LogP contribution in [0.4, 0.5) is 0 Å². The fourth-order valence-electron chi connectivity index (χ4n) is 2.44. The van der Waals surface area contributed by atoms with E-state index >= 15 is 0 Å². The van der Waals surface area contributed by atoms with E-state index in [4.69, 9.17) is 9.15 Å². The summed E-state index contributed by atoms with van der Waals surface area (Å²) in [5.41, 5.74) is 1.82. The van der Waals surface area contributed by atoms with Gasteiger partial charge in [-0.2, -0.15) is 0 Å². The fourth-order valence-corrected chi connectivity index (χ4v) is 3.32. The molecule has 0 saturated carbocycles. The van der Waals surface area contributed by atoms with Crippen LogP contribution in [0.1, 0.15) is 34.8 Å². The molecule has 1 aromatic heterocycles. The number of benzene rings is 2. The minimum Gasteiger partial charge on any atom is -0.449 e. The molecular weight excluding hydrogens is 368 g/mol. The molecule has 0 N–H and O–H groups in total. The van der Waals surface area contributed by atoms with Gasteiger partial charge in [0.15, 0.2) is 15.9 Å². The first-order valence-electron chi connectivity index (χ1n) is 8.16. The molecule has 8 heteroatoms. The monoisotopic (exact) mass is 386 g/mol. The van der Waals surface area contributed by atoms with Gasteiger partial charge in [0.1, 0.15) is 0 Å². The zero-order valence-corrected chi connectivity index (χ0v) is 15.9. The minimum absolute atomic E-state index is 0.0369. The van der Waals surface area contributed by atoms with Crippen LogP contribution < -0.4 is 0 Å². The van der Waals surface area contributed by atoms with Gasteiger partial charge in [0.25, 0.3) is 5.89 Å². The molecule has 140 valence electrons. The molecule has 0 unspecified atom stereocenters. The number of aromatic nitrogens is 2. The van der Waals surface area contributed by atoms with Gasteiger partial charge in [-0.25, -0.2) is 13.2 Å². The van der Waals surface area contributed by atoms with Crippen molar-refractivity contribution in [1.29, 1.82) is 0 Å². The van der Waals surface area contributed by atoms with Crippen LogP contribution in [0, 0.1) is 6.92 Å². The van der Waals surface area contributed by atoms with Crippen LogP contribution in [0.5, 0.6) is 0 Å². The van der Waals surface area contributed by atoms with Crippen molar-refractivity contribution >= 4 is 15.8 Å². The number of hydrogen-bond donors (Lipinski definition) is 0. The number of hydrogen-bond acceptors (Lipinski definition) is 7. The molecule has 1 heterocycles. The Labute approximate surface area is 156 Å². The van der Waals surface area contributed by atoms with E-state index in [1.54, 1.807) is 19.1 Å². The molecular formula is C19H18N2O5S. The largest absolute Gasteiger partial charge is 0.449 e. The molecule has 0 radical (unpaired) electrons. The molecule has 27 heavy (non-hydrogen) atoms. The fraction of sp³-hybridized carbons (Fsp3) is 0.211. The van der Waals surface area contributed by atoms with Crippen LogP contribution in [-0.2, 0) is 14.6 Å². The molecule has 0 aliphatic heterocycles. The number of sulfone groups is 1. The Hall–Kier alpha value is -3.00. The van der Waals surface area contributed by atoms with Crippen molar-refractivity contribution in [3.05, 3.63) is 65.5 Å². The first kappa shape index (κ1) is 18.8. The highest BCUT2D eigenvalue weighted by atomic mass is 32.2. The van der Waals surface area contributed by atoms with Gasteiger partial charge in [0, 0.05) is 11.8 Å². The quantitative estimate of drug-likeness (QED) is 0.620. The van der Waals surface area contributed by atoms with Crippen molar-refractivity contribution < 1.29 is 22.4 Å². The summed E-state index contributed by atoms with van der Waals surface area (Å²) in [5, 5.41) is 7.89. The van der Waals surface area contributed by atoms with Crippen molar-refractivity contribution in [1.82, 2.24) is 10.2 Å². The van der Waals surface area contributed by atoms with Gasteiger partial charge in [0.2, 0.25) is 5.89 Å². The predicted octanol–water partition coefficient (Wildman–Crippen LogP) is 3.37. The van der Waals surface area contributed by atoms with Gasteiger partial charge in [-0.15, -0.1) is 10.2 Å². The highest BCUT2D eigenvalue weighted by Crippen LogP contribution is 2.24. The Morgan fingerprint density at radius 1 is 1.07 bits per heavy atom. The van der Waals surface area contributed by atoms with E-state index in [2.05, 4.69) is 10.2 Å². The summed E-state index contributed by atoms with van der Waals surface area (Å²) in [7, 11) is -3.57. The lowest BCUT2D eigenvalue weighted by Gasteiger charge is -2.11. The third kappa shape index (κ3) is 4.22. The second-order valence-corrected chi connectivity index (χ2v) is 8.11. The number of ether oxygens (including phenoxy) is 1. The Kier molecular flexibility index (Phi) is 5.09. The Balaban J connectivity index is 1.79. The Morgan fingerprint density at radius 2 is 1.74 bits per heavy atom. The third-order valence-electron chi connectivity index (χ3n) is 3.88. The Bertz CT molecular complexity index is 1070. The maximum Gasteiger partial charge on any atom is 0.340 e. The molecule has 0 saturated heterocycles. The molecule has 3 rings (SSSR count). The highest BCUT2D eigenvalue weighted by Gasteiger charge is 2.24. The van der Waals surface area contributed by atoms with Crippen LogP contribution in [-0.4, -0.2) is 30.8 Å². The van der Waals surface area contributed by atoms with Gasteiger partial charge in [-0.1, -0.05) is 29.8 Å².